The van der Waals surface area contributed by atoms with Gasteiger partial charge >= 0.3 is 0 Å². The number of nitrogens with two attached hydrogens (primary N) is 1. The average molecular weight is 354 g/mol. The molecule has 0 aliphatic rings. The predicted molar refractivity (Wildman–Crippen MR) is 79.0 cm³/mol. The fraction of sp³-hybridized carbons (Fsp3) is 0.0714. The summed E-state index contributed by atoms with van der Waals surface area (Å²) in [7, 11) is 0. The van der Waals surface area contributed by atoms with Crippen LogP contribution in [-0.2, 0) is 6.61 Å². The zero-order valence-corrected chi connectivity index (χ0v) is 12.2. The number of halogens is 3. The van der Waals surface area contributed by atoms with E-state index in [1.165, 1.54) is 10.6 Å². The number of hydrogen-bond acceptors (Lipinski definition) is 3. The van der Waals surface area contributed by atoms with Crippen LogP contribution in [0.15, 0.2) is 34.8 Å². The molecule has 2 aromatic carbocycles. The van der Waals surface area contributed by atoms with Gasteiger partial charge in [-0.15, -0.1) is 0 Å². The van der Waals surface area contributed by atoms with E-state index in [0.29, 0.717) is 16.7 Å². The van der Waals surface area contributed by atoms with Gasteiger partial charge in [0.05, 0.1) is 21.2 Å². The number of hydrogen-bond donors (Lipinski definition) is 2. The van der Waals surface area contributed by atoms with Crippen LogP contribution in [0.1, 0.15) is 5.82 Å². The molecule has 0 amide bonds. The van der Waals surface area contributed by atoms with Crippen molar-refractivity contribution in [2.75, 3.05) is 5.73 Å². The first kappa shape index (κ1) is 14.0. The van der Waals surface area contributed by atoms with Gasteiger partial charge in [0.15, 0.2) is 0 Å². The number of benzene rings is 2. The second-order valence-corrected chi connectivity index (χ2v) is 5.34. The van der Waals surface area contributed by atoms with E-state index in [1.807, 2.05) is 0 Å². The van der Waals surface area contributed by atoms with Crippen molar-refractivity contribution in [3.05, 3.63) is 52.3 Å². The van der Waals surface area contributed by atoms with Crippen LogP contribution in [0, 0.1) is 11.6 Å². The number of aliphatic hydroxyl groups is 1. The van der Waals surface area contributed by atoms with Crippen LogP contribution in [-0.4, -0.2) is 14.7 Å². The SMILES string of the molecule is Nc1ccc2c(c1)nc(CO)n2-c1cc(Br)c(F)cc1F. The van der Waals surface area contributed by atoms with E-state index in [2.05, 4.69) is 20.9 Å². The van der Waals surface area contributed by atoms with Gasteiger partial charge in [-0.3, -0.25) is 4.57 Å². The van der Waals surface area contributed by atoms with Gasteiger partial charge in [0.2, 0.25) is 0 Å². The Labute approximate surface area is 127 Å². The Morgan fingerprint density at radius 2 is 1.95 bits per heavy atom. The van der Waals surface area contributed by atoms with Crippen LogP contribution in [0.3, 0.4) is 0 Å². The summed E-state index contributed by atoms with van der Waals surface area (Å²) in [6.45, 7) is -0.386. The molecule has 0 bridgehead atoms. The lowest BCUT2D eigenvalue weighted by molar-refractivity contribution is 0.270. The Hall–Kier alpha value is -1.99. The fourth-order valence-electron chi connectivity index (χ4n) is 2.21. The van der Waals surface area contributed by atoms with Crippen molar-refractivity contribution in [2.45, 2.75) is 6.61 Å². The molecule has 0 fully saturated rings. The molecule has 0 spiro atoms. The molecular weight excluding hydrogens is 344 g/mol. The Morgan fingerprint density at radius 3 is 2.67 bits per heavy atom. The molecule has 7 heteroatoms. The topological polar surface area (TPSA) is 64.1 Å². The fourth-order valence-corrected chi connectivity index (χ4v) is 2.54. The highest BCUT2D eigenvalue weighted by Gasteiger charge is 2.17. The van der Waals surface area contributed by atoms with Gasteiger partial charge in [0.1, 0.15) is 24.1 Å². The van der Waals surface area contributed by atoms with E-state index in [4.69, 9.17) is 5.73 Å². The van der Waals surface area contributed by atoms with Gasteiger partial charge < -0.3 is 10.8 Å². The number of imidazole rings is 1. The maximum absolute atomic E-state index is 14.1. The smallest absolute Gasteiger partial charge is 0.150 e. The summed E-state index contributed by atoms with van der Waals surface area (Å²) in [5.41, 5.74) is 7.40. The molecule has 3 N–H and O–H groups in total. The highest BCUT2D eigenvalue weighted by molar-refractivity contribution is 9.10. The van der Waals surface area contributed by atoms with Gasteiger partial charge in [-0.25, -0.2) is 13.8 Å². The molecule has 1 heterocycles. The highest BCUT2D eigenvalue weighted by Crippen LogP contribution is 2.28. The second-order valence-electron chi connectivity index (χ2n) is 4.49. The minimum atomic E-state index is -0.749. The van der Waals surface area contributed by atoms with E-state index >= 15 is 0 Å². The van der Waals surface area contributed by atoms with Crippen molar-refractivity contribution in [2.24, 2.45) is 0 Å². The van der Waals surface area contributed by atoms with Gasteiger partial charge in [0, 0.05) is 11.8 Å². The third-order valence-corrected chi connectivity index (χ3v) is 3.73. The lowest BCUT2D eigenvalue weighted by atomic mass is 10.2. The number of nitrogens with zero attached hydrogens (tertiary/aromatic N) is 2. The largest absolute Gasteiger partial charge is 0.399 e. The third kappa shape index (κ3) is 2.28. The summed E-state index contributed by atoms with van der Waals surface area (Å²) >= 11 is 3.03. The van der Waals surface area contributed by atoms with Crippen LogP contribution in [0.25, 0.3) is 16.7 Å². The average Bonchev–Trinajstić information content (AvgIpc) is 2.80. The van der Waals surface area contributed by atoms with E-state index in [1.54, 1.807) is 18.2 Å². The molecule has 0 aliphatic heterocycles. The molecule has 4 nitrogen and oxygen atoms in total. The minimum absolute atomic E-state index is 0.0968. The summed E-state index contributed by atoms with van der Waals surface area (Å²) in [4.78, 5) is 4.22. The second kappa shape index (κ2) is 5.09. The molecule has 0 saturated carbocycles. The van der Waals surface area contributed by atoms with Crippen LogP contribution in [0.4, 0.5) is 14.5 Å². The van der Waals surface area contributed by atoms with Gasteiger partial charge in [0.25, 0.3) is 0 Å². The number of anilines is 1. The zero-order chi connectivity index (χ0) is 15.1. The van der Waals surface area contributed by atoms with Crippen molar-refractivity contribution in [1.29, 1.82) is 0 Å². The first-order valence-electron chi connectivity index (χ1n) is 6.04. The van der Waals surface area contributed by atoms with Crippen LogP contribution < -0.4 is 5.73 Å². The summed E-state index contributed by atoms with van der Waals surface area (Å²) in [6.07, 6.45) is 0. The van der Waals surface area contributed by atoms with Gasteiger partial charge in [-0.1, -0.05) is 0 Å². The van der Waals surface area contributed by atoms with E-state index in [0.717, 1.165) is 6.07 Å². The zero-order valence-electron chi connectivity index (χ0n) is 10.6. The number of aliphatic hydroxyl groups excluding tert-OH is 1. The van der Waals surface area contributed by atoms with E-state index in [-0.39, 0.29) is 22.6 Å². The monoisotopic (exact) mass is 353 g/mol. The highest BCUT2D eigenvalue weighted by atomic mass is 79.9. The quantitative estimate of drug-likeness (QED) is 0.549. The van der Waals surface area contributed by atoms with E-state index in [9.17, 15) is 13.9 Å². The maximum Gasteiger partial charge on any atom is 0.150 e. The van der Waals surface area contributed by atoms with Crippen LogP contribution in [0.2, 0.25) is 0 Å². The molecular formula is C14H10BrF2N3O. The standard InChI is InChI=1S/C14H10BrF2N3O/c15-8-4-13(10(17)5-9(8)16)20-12-2-1-7(18)3-11(12)19-14(20)6-21/h1-5,21H,6,18H2. The van der Waals surface area contributed by atoms with Gasteiger partial charge in [-0.05, 0) is 40.2 Å². The van der Waals surface area contributed by atoms with Gasteiger partial charge in [-0.2, -0.15) is 0 Å². The maximum atomic E-state index is 14.1. The lowest BCUT2D eigenvalue weighted by Gasteiger charge is -2.10. The van der Waals surface area contributed by atoms with Crippen LogP contribution >= 0.6 is 15.9 Å². The summed E-state index contributed by atoms with van der Waals surface area (Å²) in [5.74, 6) is -1.20. The first-order valence-corrected chi connectivity index (χ1v) is 6.83. The molecule has 0 saturated heterocycles. The molecule has 0 atom stereocenters. The Kier molecular flexibility index (Phi) is 3.38. The van der Waals surface area contributed by atoms with E-state index < -0.39 is 11.6 Å². The lowest BCUT2D eigenvalue weighted by Crippen LogP contribution is -2.04. The van der Waals surface area contributed by atoms with Crippen LogP contribution in [0.5, 0.6) is 0 Å². The molecule has 3 rings (SSSR count). The summed E-state index contributed by atoms with van der Waals surface area (Å²) < 4.78 is 29.0. The van der Waals surface area contributed by atoms with Crippen molar-refractivity contribution in [3.63, 3.8) is 0 Å². The van der Waals surface area contributed by atoms with Crippen molar-refractivity contribution >= 4 is 32.7 Å². The van der Waals surface area contributed by atoms with Crippen molar-refractivity contribution in [1.82, 2.24) is 9.55 Å². The number of aromatic nitrogens is 2. The minimum Gasteiger partial charge on any atom is -0.399 e. The molecule has 1 aromatic heterocycles. The summed E-state index contributed by atoms with van der Waals surface area (Å²) in [5, 5.41) is 9.44. The molecule has 0 aliphatic carbocycles. The normalized spacial score (nSPS) is 11.2. The third-order valence-electron chi connectivity index (χ3n) is 3.12. The molecule has 108 valence electrons. The Balaban J connectivity index is 2.36. The molecule has 0 unspecified atom stereocenters. The number of rotatable bonds is 2. The predicted octanol–water partition coefficient (Wildman–Crippen LogP) is 3.14. The number of nitrogen functional groups attached to an aromatic ring is 1. The molecule has 0 radical (unpaired) electrons. The Bertz CT molecular complexity index is 848. The van der Waals surface area contributed by atoms with Crippen molar-refractivity contribution < 1.29 is 13.9 Å². The number of fused-ring (bicyclic) bond motifs is 1. The molecule has 21 heavy (non-hydrogen) atoms. The molecule has 3 aromatic rings. The van der Waals surface area contributed by atoms with Crippen molar-refractivity contribution in [3.8, 4) is 5.69 Å². The summed E-state index contributed by atoms with van der Waals surface area (Å²) in [6, 6.07) is 7.04. The Morgan fingerprint density at radius 1 is 1.19 bits per heavy atom. The first-order chi connectivity index (χ1) is 10.0.